The summed E-state index contributed by atoms with van der Waals surface area (Å²) in [7, 11) is 0. The van der Waals surface area contributed by atoms with E-state index in [0.717, 1.165) is 5.56 Å². The molecule has 0 radical (unpaired) electrons. The van der Waals surface area contributed by atoms with Gasteiger partial charge in [-0.15, -0.1) is 0 Å². The quantitative estimate of drug-likeness (QED) is 0.550. The van der Waals surface area contributed by atoms with E-state index in [2.05, 4.69) is 4.98 Å². The molecule has 0 spiro atoms. The lowest BCUT2D eigenvalue weighted by molar-refractivity contribution is 0.324. The minimum Gasteiger partial charge on any atom is -0.490 e. The minimum absolute atomic E-state index is 0.110. The molecule has 158 valence electrons. The summed E-state index contributed by atoms with van der Waals surface area (Å²) in [6.45, 7) is 3.26. The maximum atomic E-state index is 12.5. The molecule has 0 fully saturated rings. The van der Waals surface area contributed by atoms with E-state index in [1.54, 1.807) is 23.1 Å². The summed E-state index contributed by atoms with van der Waals surface area (Å²) in [6.07, 6.45) is 0. The fraction of sp³-hybridized carbons (Fsp3) is 0.238. The van der Waals surface area contributed by atoms with Crippen LogP contribution in [0.4, 0.5) is 11.5 Å². The van der Waals surface area contributed by atoms with Crippen molar-refractivity contribution in [3.8, 4) is 5.75 Å². The smallest absolute Gasteiger partial charge is 0.330 e. The number of hydrogen-bond acceptors (Lipinski definition) is 5. The molecule has 3 aromatic rings. The Morgan fingerprint density at radius 3 is 2.53 bits per heavy atom. The molecule has 0 saturated carbocycles. The first kappa shape index (κ1) is 21.8. The van der Waals surface area contributed by atoms with Gasteiger partial charge >= 0.3 is 5.69 Å². The van der Waals surface area contributed by atoms with Crippen LogP contribution in [0.15, 0.2) is 58.1 Å². The molecule has 0 amide bonds. The second-order valence-electron chi connectivity index (χ2n) is 6.57. The number of nitrogens with zero attached hydrogens (tertiary/aromatic N) is 2. The number of anilines is 2. The van der Waals surface area contributed by atoms with Crippen molar-refractivity contribution in [2.24, 2.45) is 0 Å². The van der Waals surface area contributed by atoms with Crippen molar-refractivity contribution in [2.75, 3.05) is 30.3 Å². The zero-order chi connectivity index (χ0) is 21.7. The Hall–Kier alpha value is -2.90. The number of H-pyrrole nitrogens is 1. The molecule has 0 aliphatic heterocycles. The SMILES string of the molecule is CCN(CCOc1ccc(Cl)cc1Cl)c1c(N)n(Cc2ccccc2)c(=O)[nH]c1=O. The Balaban J connectivity index is 1.82. The molecule has 0 aliphatic rings. The number of nitrogen functional groups attached to an aromatic ring is 1. The van der Waals surface area contributed by atoms with Gasteiger partial charge in [-0.1, -0.05) is 53.5 Å². The number of halogens is 2. The summed E-state index contributed by atoms with van der Waals surface area (Å²) in [6, 6.07) is 14.4. The Morgan fingerprint density at radius 1 is 1.13 bits per heavy atom. The molecule has 2 aromatic carbocycles. The fourth-order valence-corrected chi connectivity index (χ4v) is 3.56. The van der Waals surface area contributed by atoms with E-state index in [0.29, 0.717) is 28.9 Å². The van der Waals surface area contributed by atoms with Gasteiger partial charge in [-0.25, -0.2) is 4.79 Å². The number of aromatic amines is 1. The number of nitrogens with one attached hydrogen (secondary N) is 1. The van der Waals surface area contributed by atoms with Crippen molar-refractivity contribution >= 4 is 34.7 Å². The average Bonchev–Trinajstić information content (AvgIpc) is 2.72. The molecule has 0 bridgehead atoms. The third-order valence-electron chi connectivity index (χ3n) is 4.61. The van der Waals surface area contributed by atoms with Crippen molar-refractivity contribution in [1.82, 2.24) is 9.55 Å². The van der Waals surface area contributed by atoms with Crippen molar-refractivity contribution in [3.63, 3.8) is 0 Å². The molecular weight excluding hydrogens is 427 g/mol. The maximum Gasteiger partial charge on any atom is 0.330 e. The number of benzene rings is 2. The number of aromatic nitrogens is 2. The largest absolute Gasteiger partial charge is 0.490 e. The van der Waals surface area contributed by atoms with Crippen LogP contribution in [-0.4, -0.2) is 29.2 Å². The topological polar surface area (TPSA) is 93.3 Å². The Bertz CT molecular complexity index is 1130. The van der Waals surface area contributed by atoms with E-state index in [4.69, 9.17) is 33.7 Å². The van der Waals surface area contributed by atoms with Crippen molar-refractivity contribution in [2.45, 2.75) is 13.5 Å². The number of likely N-dealkylation sites (N-methyl/N-ethyl adjacent to an activating group) is 1. The second kappa shape index (κ2) is 9.73. The molecule has 1 aromatic heterocycles. The molecule has 9 heteroatoms. The van der Waals surface area contributed by atoms with E-state index in [1.165, 1.54) is 4.57 Å². The van der Waals surface area contributed by atoms with E-state index < -0.39 is 11.2 Å². The Kier molecular flexibility index (Phi) is 7.07. The van der Waals surface area contributed by atoms with Crippen molar-refractivity contribution < 1.29 is 4.74 Å². The summed E-state index contributed by atoms with van der Waals surface area (Å²) >= 11 is 12.0. The van der Waals surface area contributed by atoms with Gasteiger partial charge in [-0.2, -0.15) is 0 Å². The number of hydrogen-bond donors (Lipinski definition) is 2. The molecular formula is C21H22Cl2N4O3. The van der Waals surface area contributed by atoms with Crippen LogP contribution < -0.4 is 26.6 Å². The summed E-state index contributed by atoms with van der Waals surface area (Å²) in [5.74, 6) is 0.604. The van der Waals surface area contributed by atoms with Crippen LogP contribution in [0.25, 0.3) is 0 Å². The van der Waals surface area contributed by atoms with Crippen LogP contribution >= 0.6 is 23.2 Å². The van der Waals surface area contributed by atoms with Gasteiger partial charge in [0.15, 0.2) is 0 Å². The van der Waals surface area contributed by atoms with Gasteiger partial charge in [0.1, 0.15) is 23.9 Å². The fourth-order valence-electron chi connectivity index (χ4n) is 3.09. The molecule has 1 heterocycles. The summed E-state index contributed by atoms with van der Waals surface area (Å²) in [4.78, 5) is 29.0. The van der Waals surface area contributed by atoms with Crippen LogP contribution in [0, 0.1) is 0 Å². The highest BCUT2D eigenvalue weighted by atomic mass is 35.5. The van der Waals surface area contributed by atoms with Gasteiger partial charge in [0.2, 0.25) is 0 Å². The van der Waals surface area contributed by atoms with E-state index >= 15 is 0 Å². The summed E-state index contributed by atoms with van der Waals surface area (Å²) in [5, 5.41) is 0.918. The lowest BCUT2D eigenvalue weighted by Gasteiger charge is -2.25. The van der Waals surface area contributed by atoms with Gasteiger partial charge in [-0.05, 0) is 30.7 Å². The van der Waals surface area contributed by atoms with E-state index in [1.807, 2.05) is 37.3 Å². The van der Waals surface area contributed by atoms with E-state index in [9.17, 15) is 9.59 Å². The molecule has 0 aliphatic carbocycles. The van der Waals surface area contributed by atoms with Gasteiger partial charge < -0.3 is 15.4 Å². The maximum absolute atomic E-state index is 12.5. The van der Waals surface area contributed by atoms with Crippen LogP contribution in [-0.2, 0) is 6.54 Å². The number of nitrogens with two attached hydrogens (primary N) is 1. The molecule has 3 N–H and O–H groups in total. The third-order valence-corrected chi connectivity index (χ3v) is 5.14. The monoisotopic (exact) mass is 448 g/mol. The first-order valence-electron chi connectivity index (χ1n) is 9.40. The Labute approximate surface area is 183 Å². The number of ether oxygens (including phenoxy) is 1. The minimum atomic E-state index is -0.551. The lowest BCUT2D eigenvalue weighted by atomic mass is 10.2. The van der Waals surface area contributed by atoms with Crippen LogP contribution in [0.5, 0.6) is 5.75 Å². The molecule has 3 rings (SSSR count). The predicted molar refractivity (Wildman–Crippen MR) is 121 cm³/mol. The number of rotatable bonds is 8. The molecule has 0 unspecified atom stereocenters. The lowest BCUT2D eigenvalue weighted by Crippen LogP contribution is -2.40. The van der Waals surface area contributed by atoms with Crippen molar-refractivity contribution in [3.05, 3.63) is 85.0 Å². The van der Waals surface area contributed by atoms with Gasteiger partial charge in [0.25, 0.3) is 5.56 Å². The normalized spacial score (nSPS) is 10.8. The third kappa shape index (κ3) is 4.98. The average molecular weight is 449 g/mol. The van der Waals surface area contributed by atoms with Gasteiger partial charge in [-0.3, -0.25) is 14.3 Å². The standard InChI is InChI=1S/C21H22Cl2N4O3/c1-2-26(10-11-30-17-9-8-15(22)12-16(17)23)18-19(24)27(21(29)25-20(18)28)13-14-6-4-3-5-7-14/h3-9,12H,2,10-11,13,24H2,1H3,(H,25,28,29). The molecule has 7 nitrogen and oxygen atoms in total. The van der Waals surface area contributed by atoms with Crippen LogP contribution in [0.2, 0.25) is 10.0 Å². The van der Waals surface area contributed by atoms with Crippen LogP contribution in [0.1, 0.15) is 12.5 Å². The van der Waals surface area contributed by atoms with Crippen LogP contribution in [0.3, 0.4) is 0 Å². The van der Waals surface area contributed by atoms with E-state index in [-0.39, 0.29) is 24.7 Å². The van der Waals surface area contributed by atoms with Gasteiger partial charge in [0.05, 0.1) is 18.1 Å². The summed E-state index contributed by atoms with van der Waals surface area (Å²) in [5.41, 5.74) is 6.30. The highest BCUT2D eigenvalue weighted by Gasteiger charge is 2.18. The zero-order valence-corrected chi connectivity index (χ0v) is 17.9. The molecule has 0 atom stereocenters. The second-order valence-corrected chi connectivity index (χ2v) is 7.41. The van der Waals surface area contributed by atoms with Gasteiger partial charge in [0, 0.05) is 11.6 Å². The first-order valence-corrected chi connectivity index (χ1v) is 10.2. The molecule has 0 saturated heterocycles. The highest BCUT2D eigenvalue weighted by Crippen LogP contribution is 2.27. The zero-order valence-electron chi connectivity index (χ0n) is 16.4. The van der Waals surface area contributed by atoms with Crippen molar-refractivity contribution in [1.29, 1.82) is 0 Å². The predicted octanol–water partition coefficient (Wildman–Crippen LogP) is 3.38. The highest BCUT2D eigenvalue weighted by molar-refractivity contribution is 6.35. The molecule has 30 heavy (non-hydrogen) atoms. The summed E-state index contributed by atoms with van der Waals surface area (Å²) < 4.78 is 7.07. The Morgan fingerprint density at radius 2 is 1.87 bits per heavy atom. The first-order chi connectivity index (χ1) is 14.4.